The van der Waals surface area contributed by atoms with Gasteiger partial charge in [0.05, 0.1) is 15.5 Å². The van der Waals surface area contributed by atoms with Crippen LogP contribution in [0.25, 0.3) is 12.2 Å². The Bertz CT molecular complexity index is 1250. The van der Waals surface area contributed by atoms with Crippen molar-refractivity contribution in [1.82, 2.24) is 4.98 Å². The average molecular weight is 478 g/mol. The lowest BCUT2D eigenvalue weighted by atomic mass is 10.1. The lowest BCUT2D eigenvalue weighted by Gasteiger charge is -2.02. The Balaban J connectivity index is 1.87. The van der Waals surface area contributed by atoms with Crippen molar-refractivity contribution in [1.29, 1.82) is 0 Å². The van der Waals surface area contributed by atoms with Gasteiger partial charge in [0.2, 0.25) is 5.91 Å². The Morgan fingerprint density at radius 1 is 1.16 bits per heavy atom. The number of non-ortho nitro benzene ring substituents is 1. The highest BCUT2D eigenvalue weighted by Crippen LogP contribution is 2.28. The minimum absolute atomic E-state index is 0.00171. The zero-order valence-electron chi connectivity index (χ0n) is 16.1. The third-order valence-electron chi connectivity index (χ3n) is 4.12. The van der Waals surface area contributed by atoms with Gasteiger partial charge in [-0.1, -0.05) is 18.2 Å². The molecule has 1 aromatic heterocycles. The maximum atomic E-state index is 11.4. The summed E-state index contributed by atoms with van der Waals surface area (Å²) >= 11 is 1.31. The van der Waals surface area contributed by atoms with Gasteiger partial charge in [0.25, 0.3) is 14.7 Å². The Kier molecular flexibility index (Phi) is 6.84. The maximum Gasteiger partial charge on any atom is 0.269 e. The van der Waals surface area contributed by atoms with Crippen molar-refractivity contribution in [2.75, 3.05) is 5.32 Å². The molecule has 0 atom stereocenters. The highest BCUT2D eigenvalue weighted by molar-refractivity contribution is 8.13. The topological polar surface area (TPSA) is 119 Å². The molecule has 0 saturated heterocycles. The van der Waals surface area contributed by atoms with Crippen molar-refractivity contribution >= 4 is 59.9 Å². The summed E-state index contributed by atoms with van der Waals surface area (Å²) in [4.78, 5) is 27.0. The molecular weight excluding hydrogens is 462 g/mol. The van der Waals surface area contributed by atoms with E-state index in [4.69, 9.17) is 10.7 Å². The minimum Gasteiger partial charge on any atom is -0.302 e. The highest BCUT2D eigenvalue weighted by Gasteiger charge is 2.13. The van der Waals surface area contributed by atoms with Crippen molar-refractivity contribution in [3.05, 3.63) is 80.3 Å². The van der Waals surface area contributed by atoms with Crippen LogP contribution in [0.2, 0.25) is 0 Å². The molecule has 1 heterocycles. The van der Waals surface area contributed by atoms with E-state index in [1.54, 1.807) is 36.4 Å². The molecule has 3 aromatic rings. The molecule has 0 fully saturated rings. The Morgan fingerprint density at radius 3 is 2.35 bits per heavy atom. The number of aromatic nitrogens is 1. The number of nitro benzene ring substituents is 1. The van der Waals surface area contributed by atoms with Crippen LogP contribution in [0, 0.1) is 10.1 Å². The molecule has 0 aliphatic rings. The number of nitrogens with one attached hydrogen (secondary N) is 1. The molecule has 0 saturated carbocycles. The molecule has 1 amide bonds. The van der Waals surface area contributed by atoms with Gasteiger partial charge >= 0.3 is 0 Å². The quantitative estimate of drug-likeness (QED) is 0.299. The number of thiazole rings is 1. The first kappa shape index (κ1) is 22.6. The van der Waals surface area contributed by atoms with E-state index in [1.807, 2.05) is 0 Å². The van der Waals surface area contributed by atoms with E-state index in [0.717, 1.165) is 16.0 Å². The summed E-state index contributed by atoms with van der Waals surface area (Å²) in [5.74, 6) is -0.247. The predicted octanol–water partition coefficient (Wildman–Crippen LogP) is 4.70. The Morgan fingerprint density at radius 2 is 1.81 bits per heavy atom. The molecule has 11 heteroatoms. The normalized spacial score (nSPS) is 11.5. The third kappa shape index (κ3) is 6.20. The van der Waals surface area contributed by atoms with Gasteiger partial charge < -0.3 is 5.32 Å². The molecule has 0 unspecified atom stereocenters. The number of benzene rings is 2. The molecule has 0 spiro atoms. The monoisotopic (exact) mass is 477 g/mol. The molecule has 3 rings (SSSR count). The van der Waals surface area contributed by atoms with Gasteiger partial charge in [0.15, 0.2) is 5.13 Å². The lowest BCUT2D eigenvalue weighted by molar-refractivity contribution is -0.384. The summed E-state index contributed by atoms with van der Waals surface area (Å²) < 4.78 is 22.8. The van der Waals surface area contributed by atoms with Crippen molar-refractivity contribution in [3.8, 4) is 0 Å². The van der Waals surface area contributed by atoms with Crippen molar-refractivity contribution < 1.29 is 18.1 Å². The first-order chi connectivity index (χ1) is 14.6. The zero-order valence-corrected chi connectivity index (χ0v) is 18.5. The number of hydrogen-bond donors (Lipinski definition) is 1. The molecule has 0 radical (unpaired) electrons. The van der Waals surface area contributed by atoms with E-state index in [9.17, 15) is 23.3 Å². The fraction of sp³-hybridized carbons (Fsp3) is 0.100. The van der Waals surface area contributed by atoms with E-state index in [2.05, 4.69) is 10.3 Å². The smallest absolute Gasteiger partial charge is 0.269 e. The molecule has 0 bridgehead atoms. The standard InChI is InChI=1S/C20H16ClN3O5S2/c1-13(25)22-20-23-18(11-6-14-2-7-16(8-3-14)24(26)27)19(30-20)12-15-4-9-17(10-5-15)31(21,28)29/h2-11H,12H2,1H3,(H,22,23,25)/b11-6+. The van der Waals surface area contributed by atoms with E-state index in [-0.39, 0.29) is 16.5 Å². The first-order valence-electron chi connectivity index (χ1n) is 8.85. The first-order valence-corrected chi connectivity index (χ1v) is 12.0. The van der Waals surface area contributed by atoms with Crippen LogP contribution in [-0.4, -0.2) is 24.2 Å². The fourth-order valence-corrected chi connectivity index (χ4v) is 4.46. The molecule has 2 aromatic carbocycles. The second kappa shape index (κ2) is 9.38. The molecule has 8 nitrogen and oxygen atoms in total. The summed E-state index contributed by atoms with van der Waals surface area (Å²) in [5.41, 5.74) is 2.22. The van der Waals surface area contributed by atoms with Gasteiger partial charge in [-0.05, 0) is 41.5 Å². The number of rotatable bonds is 7. The van der Waals surface area contributed by atoms with Crippen LogP contribution < -0.4 is 5.32 Å². The van der Waals surface area contributed by atoms with Gasteiger partial charge in [0.1, 0.15) is 0 Å². The van der Waals surface area contributed by atoms with Crippen molar-refractivity contribution in [2.45, 2.75) is 18.2 Å². The van der Waals surface area contributed by atoms with Crippen LogP contribution in [0.5, 0.6) is 0 Å². The van der Waals surface area contributed by atoms with Crippen molar-refractivity contribution in [2.24, 2.45) is 0 Å². The summed E-state index contributed by atoms with van der Waals surface area (Å²) in [7, 11) is 1.56. The van der Waals surface area contributed by atoms with Crippen LogP contribution in [-0.2, 0) is 20.3 Å². The van der Waals surface area contributed by atoms with Crippen LogP contribution in [0.3, 0.4) is 0 Å². The maximum absolute atomic E-state index is 11.4. The second-order valence-corrected chi connectivity index (χ2v) is 10.1. The highest BCUT2D eigenvalue weighted by atomic mass is 35.7. The van der Waals surface area contributed by atoms with E-state index in [1.165, 1.54) is 42.5 Å². The van der Waals surface area contributed by atoms with E-state index >= 15 is 0 Å². The largest absolute Gasteiger partial charge is 0.302 e. The summed E-state index contributed by atoms with van der Waals surface area (Å²) in [6, 6.07) is 12.3. The minimum atomic E-state index is -3.80. The second-order valence-electron chi connectivity index (χ2n) is 6.45. The number of hydrogen-bond acceptors (Lipinski definition) is 7. The summed E-state index contributed by atoms with van der Waals surface area (Å²) in [6.45, 7) is 1.39. The van der Waals surface area contributed by atoms with Gasteiger partial charge in [0, 0.05) is 41.0 Å². The average Bonchev–Trinajstić information content (AvgIpc) is 3.06. The number of amides is 1. The third-order valence-corrected chi connectivity index (χ3v) is 6.47. The van der Waals surface area contributed by atoms with Gasteiger partial charge in [-0.2, -0.15) is 0 Å². The number of carbonyl (C=O) groups excluding carboxylic acids is 1. The molecule has 1 N–H and O–H groups in total. The Labute approximate surface area is 186 Å². The van der Waals surface area contributed by atoms with Crippen LogP contribution >= 0.6 is 22.0 Å². The summed E-state index contributed by atoms with van der Waals surface area (Å²) in [5, 5.41) is 13.9. The number of halogens is 1. The molecule has 160 valence electrons. The number of nitrogens with zero attached hydrogens (tertiary/aromatic N) is 2. The van der Waals surface area contributed by atoms with Gasteiger partial charge in [-0.15, -0.1) is 11.3 Å². The Hall–Kier alpha value is -3.08. The fourth-order valence-electron chi connectivity index (χ4n) is 2.66. The van der Waals surface area contributed by atoms with Crippen LogP contribution in [0.15, 0.2) is 53.4 Å². The lowest BCUT2D eigenvalue weighted by Crippen LogP contribution is -2.04. The number of anilines is 1. The van der Waals surface area contributed by atoms with Crippen LogP contribution in [0.4, 0.5) is 10.8 Å². The number of carbonyl (C=O) groups is 1. The SMILES string of the molecule is CC(=O)Nc1nc(/C=C/c2ccc([N+](=O)[O-])cc2)c(Cc2ccc(S(=O)(=O)Cl)cc2)s1. The molecule has 0 aliphatic carbocycles. The zero-order chi connectivity index (χ0) is 22.6. The number of nitro groups is 1. The molecule has 31 heavy (non-hydrogen) atoms. The van der Waals surface area contributed by atoms with Crippen LogP contribution in [0.1, 0.15) is 28.6 Å². The predicted molar refractivity (Wildman–Crippen MR) is 121 cm³/mol. The molecule has 0 aliphatic heterocycles. The van der Waals surface area contributed by atoms with Gasteiger partial charge in [-0.3, -0.25) is 14.9 Å². The van der Waals surface area contributed by atoms with Crippen molar-refractivity contribution in [3.63, 3.8) is 0 Å². The van der Waals surface area contributed by atoms with E-state index < -0.39 is 14.0 Å². The molecular formula is C20H16ClN3O5S2. The van der Waals surface area contributed by atoms with E-state index in [0.29, 0.717) is 17.2 Å². The van der Waals surface area contributed by atoms with Gasteiger partial charge in [-0.25, -0.2) is 13.4 Å². The summed E-state index contributed by atoms with van der Waals surface area (Å²) in [6.07, 6.45) is 3.98.